The minimum atomic E-state index is -0.821. The Balaban J connectivity index is 1.85. The summed E-state index contributed by atoms with van der Waals surface area (Å²) < 4.78 is 21.6. The SMILES string of the molecule is COc1cc(C[C@@H]2[C@H](OC)OC[C@H]2C(O)c2ccc(O)c(OC)c2)ccc1O. The summed E-state index contributed by atoms with van der Waals surface area (Å²) >= 11 is 0. The predicted octanol–water partition coefficient (Wildman–Crippen LogP) is 2.63. The van der Waals surface area contributed by atoms with Crippen LogP contribution >= 0.6 is 0 Å². The van der Waals surface area contributed by atoms with Gasteiger partial charge in [-0.1, -0.05) is 12.1 Å². The summed E-state index contributed by atoms with van der Waals surface area (Å²) in [6.07, 6.45) is -0.705. The molecule has 7 heteroatoms. The highest BCUT2D eigenvalue weighted by Crippen LogP contribution is 2.41. The normalized spacial score (nSPS) is 22.8. The van der Waals surface area contributed by atoms with Crippen molar-refractivity contribution in [2.75, 3.05) is 27.9 Å². The van der Waals surface area contributed by atoms with Crippen molar-refractivity contribution in [3.05, 3.63) is 47.5 Å². The number of hydrogen-bond acceptors (Lipinski definition) is 7. The molecule has 0 saturated carbocycles. The zero-order valence-electron chi connectivity index (χ0n) is 16.2. The van der Waals surface area contributed by atoms with Gasteiger partial charge in [-0.3, -0.25) is 0 Å². The van der Waals surface area contributed by atoms with Gasteiger partial charge >= 0.3 is 0 Å². The Kier molecular flexibility index (Phi) is 6.28. The number of phenolic OH excluding ortho intramolecular Hbond substituents is 2. The fourth-order valence-corrected chi connectivity index (χ4v) is 3.72. The smallest absolute Gasteiger partial charge is 0.160 e. The van der Waals surface area contributed by atoms with E-state index in [9.17, 15) is 15.3 Å². The largest absolute Gasteiger partial charge is 0.504 e. The Labute approximate surface area is 164 Å². The molecule has 3 N–H and O–H groups in total. The van der Waals surface area contributed by atoms with Crippen LogP contribution in [0.2, 0.25) is 0 Å². The number of methoxy groups -OCH3 is 3. The van der Waals surface area contributed by atoms with Crippen molar-refractivity contribution in [2.45, 2.75) is 18.8 Å². The van der Waals surface area contributed by atoms with E-state index in [1.807, 2.05) is 6.07 Å². The van der Waals surface area contributed by atoms with E-state index in [1.165, 1.54) is 20.3 Å². The maximum Gasteiger partial charge on any atom is 0.160 e. The highest BCUT2D eigenvalue weighted by Gasteiger charge is 2.42. The fraction of sp³-hybridized carbons (Fsp3) is 0.429. The number of benzene rings is 2. The fourth-order valence-electron chi connectivity index (χ4n) is 3.72. The van der Waals surface area contributed by atoms with Gasteiger partial charge in [0.2, 0.25) is 0 Å². The van der Waals surface area contributed by atoms with Crippen LogP contribution in [0.25, 0.3) is 0 Å². The Hall–Kier alpha value is -2.48. The van der Waals surface area contributed by atoms with E-state index in [0.29, 0.717) is 30.1 Å². The molecule has 3 rings (SSSR count). The number of aliphatic hydroxyl groups excluding tert-OH is 1. The second-order valence-corrected chi connectivity index (χ2v) is 6.85. The lowest BCUT2D eigenvalue weighted by molar-refractivity contribution is -0.110. The van der Waals surface area contributed by atoms with Crippen LogP contribution in [0.5, 0.6) is 23.0 Å². The summed E-state index contributed by atoms with van der Waals surface area (Å²) in [4.78, 5) is 0. The molecule has 1 unspecified atom stereocenters. The average molecular weight is 390 g/mol. The Morgan fingerprint density at radius 2 is 1.64 bits per heavy atom. The number of hydrogen-bond donors (Lipinski definition) is 3. The first-order valence-electron chi connectivity index (χ1n) is 9.03. The van der Waals surface area contributed by atoms with Gasteiger partial charge in [0, 0.05) is 18.9 Å². The molecule has 1 fully saturated rings. The first-order valence-corrected chi connectivity index (χ1v) is 9.03. The number of phenols is 2. The number of aromatic hydroxyl groups is 2. The molecular formula is C21H26O7. The molecule has 7 nitrogen and oxygen atoms in total. The molecule has 1 aliphatic heterocycles. The van der Waals surface area contributed by atoms with E-state index in [4.69, 9.17) is 18.9 Å². The van der Waals surface area contributed by atoms with Gasteiger partial charge in [0.05, 0.1) is 26.9 Å². The molecule has 152 valence electrons. The summed E-state index contributed by atoms with van der Waals surface area (Å²) in [5.74, 6) is 0.450. The van der Waals surface area contributed by atoms with Crippen LogP contribution in [0.1, 0.15) is 17.2 Å². The molecule has 0 spiro atoms. The van der Waals surface area contributed by atoms with E-state index in [0.717, 1.165) is 5.56 Å². The third-order valence-electron chi connectivity index (χ3n) is 5.25. The van der Waals surface area contributed by atoms with E-state index < -0.39 is 12.4 Å². The molecule has 2 aromatic rings. The maximum absolute atomic E-state index is 11.0. The molecule has 0 aromatic heterocycles. The zero-order valence-corrected chi connectivity index (χ0v) is 16.2. The maximum atomic E-state index is 11.0. The minimum Gasteiger partial charge on any atom is -0.504 e. The van der Waals surface area contributed by atoms with Gasteiger partial charge < -0.3 is 34.3 Å². The van der Waals surface area contributed by atoms with Crippen molar-refractivity contribution in [1.82, 2.24) is 0 Å². The molecule has 1 aliphatic rings. The predicted molar refractivity (Wildman–Crippen MR) is 102 cm³/mol. The highest BCUT2D eigenvalue weighted by molar-refractivity contribution is 5.43. The molecule has 28 heavy (non-hydrogen) atoms. The molecule has 2 aromatic carbocycles. The Morgan fingerprint density at radius 3 is 2.29 bits per heavy atom. The van der Waals surface area contributed by atoms with E-state index in [-0.39, 0.29) is 23.3 Å². The standard InChI is InChI=1S/C21H26O7/c1-25-18-9-12(4-6-16(18)22)8-14-15(11-28-21(14)27-3)20(24)13-5-7-17(23)19(10-13)26-2/h4-7,9-10,14-15,20-24H,8,11H2,1-3H3/t14-,15+,20?,21+/m0/s1. The van der Waals surface area contributed by atoms with Crippen molar-refractivity contribution < 1.29 is 34.3 Å². The second kappa shape index (κ2) is 8.68. The molecule has 1 saturated heterocycles. The molecule has 0 bridgehead atoms. The summed E-state index contributed by atoms with van der Waals surface area (Å²) in [5, 5.41) is 30.6. The summed E-state index contributed by atoms with van der Waals surface area (Å²) in [5.41, 5.74) is 1.57. The van der Waals surface area contributed by atoms with Crippen LogP contribution in [0.4, 0.5) is 0 Å². The Bertz CT molecular complexity index is 807. The van der Waals surface area contributed by atoms with Crippen LogP contribution in [0.15, 0.2) is 36.4 Å². The summed E-state index contributed by atoms with van der Waals surface area (Å²) in [6.45, 7) is 0.336. The van der Waals surface area contributed by atoms with Gasteiger partial charge in [-0.25, -0.2) is 0 Å². The van der Waals surface area contributed by atoms with Crippen molar-refractivity contribution in [3.8, 4) is 23.0 Å². The first kappa shape index (κ1) is 20.3. The van der Waals surface area contributed by atoms with Crippen molar-refractivity contribution in [1.29, 1.82) is 0 Å². The molecule has 0 aliphatic carbocycles. The molecule has 4 atom stereocenters. The summed E-state index contributed by atoms with van der Waals surface area (Å²) in [6, 6.07) is 9.97. The van der Waals surface area contributed by atoms with E-state index in [1.54, 1.807) is 31.4 Å². The number of ether oxygens (including phenoxy) is 4. The minimum absolute atomic E-state index is 0.0172. The van der Waals surface area contributed by atoms with Crippen molar-refractivity contribution in [3.63, 3.8) is 0 Å². The number of rotatable bonds is 7. The van der Waals surface area contributed by atoms with E-state index in [2.05, 4.69) is 0 Å². The van der Waals surface area contributed by atoms with Crippen molar-refractivity contribution in [2.24, 2.45) is 11.8 Å². The van der Waals surface area contributed by atoms with Crippen LogP contribution in [0, 0.1) is 11.8 Å². The van der Waals surface area contributed by atoms with Crippen LogP contribution < -0.4 is 9.47 Å². The summed E-state index contributed by atoms with van der Waals surface area (Å²) in [7, 11) is 4.54. The third-order valence-corrected chi connectivity index (χ3v) is 5.25. The topological polar surface area (TPSA) is 97.6 Å². The third kappa shape index (κ3) is 4.01. The van der Waals surface area contributed by atoms with Crippen molar-refractivity contribution >= 4 is 0 Å². The van der Waals surface area contributed by atoms with Crippen LogP contribution in [-0.2, 0) is 15.9 Å². The monoisotopic (exact) mass is 390 g/mol. The molecule has 0 amide bonds. The van der Waals surface area contributed by atoms with E-state index >= 15 is 0 Å². The van der Waals surface area contributed by atoms with Crippen LogP contribution in [0.3, 0.4) is 0 Å². The van der Waals surface area contributed by atoms with Gasteiger partial charge in [-0.05, 0) is 41.8 Å². The molecule has 0 radical (unpaired) electrons. The Morgan fingerprint density at radius 1 is 1.00 bits per heavy atom. The zero-order chi connectivity index (χ0) is 20.3. The lowest BCUT2D eigenvalue weighted by Gasteiger charge is -2.26. The highest BCUT2D eigenvalue weighted by atomic mass is 16.7. The van der Waals surface area contributed by atoms with Gasteiger partial charge in [0.15, 0.2) is 29.3 Å². The average Bonchev–Trinajstić information content (AvgIpc) is 3.11. The quantitative estimate of drug-likeness (QED) is 0.669. The number of aliphatic hydroxyl groups is 1. The lowest BCUT2D eigenvalue weighted by Crippen LogP contribution is -2.28. The molecule has 1 heterocycles. The van der Waals surface area contributed by atoms with Crippen LogP contribution in [-0.4, -0.2) is 49.5 Å². The first-order chi connectivity index (χ1) is 13.5. The van der Waals surface area contributed by atoms with Gasteiger partial charge in [0.25, 0.3) is 0 Å². The second-order valence-electron chi connectivity index (χ2n) is 6.85. The van der Waals surface area contributed by atoms with Gasteiger partial charge in [-0.2, -0.15) is 0 Å². The van der Waals surface area contributed by atoms with Gasteiger partial charge in [0.1, 0.15) is 0 Å². The van der Waals surface area contributed by atoms with Gasteiger partial charge in [-0.15, -0.1) is 0 Å². The molecular weight excluding hydrogens is 364 g/mol. The lowest BCUT2D eigenvalue weighted by atomic mass is 9.82.